The number of aromatic nitrogens is 2. The van der Waals surface area contributed by atoms with Crippen LogP contribution in [0.1, 0.15) is 17.3 Å². The van der Waals surface area contributed by atoms with Gasteiger partial charge >= 0.3 is 0 Å². The van der Waals surface area contributed by atoms with E-state index in [1.807, 2.05) is 18.2 Å². The molecule has 4 N–H and O–H groups in total. The minimum atomic E-state index is -0.485. The molecule has 6 heteroatoms. The SMILES string of the molecule is CC(=O)Nc1cccc(-c2n[nH]c3ccc(C(N)=O)cc23)c1. The van der Waals surface area contributed by atoms with Crippen molar-refractivity contribution in [2.75, 3.05) is 5.32 Å². The zero-order valence-electron chi connectivity index (χ0n) is 11.9. The van der Waals surface area contributed by atoms with Crippen molar-refractivity contribution in [3.63, 3.8) is 0 Å². The molecule has 6 nitrogen and oxygen atoms in total. The number of nitrogens with one attached hydrogen (secondary N) is 2. The maximum Gasteiger partial charge on any atom is 0.248 e. The number of primary amides is 1. The fraction of sp³-hybridized carbons (Fsp3) is 0.0625. The number of hydrogen-bond acceptors (Lipinski definition) is 3. The van der Waals surface area contributed by atoms with Crippen LogP contribution in [0.5, 0.6) is 0 Å². The van der Waals surface area contributed by atoms with Crippen LogP contribution in [0, 0.1) is 0 Å². The number of fused-ring (bicyclic) bond motifs is 1. The van der Waals surface area contributed by atoms with Gasteiger partial charge in [-0.25, -0.2) is 0 Å². The van der Waals surface area contributed by atoms with E-state index >= 15 is 0 Å². The Hall–Kier alpha value is -3.15. The Bertz CT molecular complexity index is 883. The summed E-state index contributed by atoms with van der Waals surface area (Å²) in [5.41, 5.74) is 8.78. The highest BCUT2D eigenvalue weighted by atomic mass is 16.1. The van der Waals surface area contributed by atoms with Crippen LogP contribution in [0.15, 0.2) is 42.5 Å². The van der Waals surface area contributed by atoms with Gasteiger partial charge in [0.05, 0.1) is 11.2 Å². The number of benzene rings is 2. The van der Waals surface area contributed by atoms with Gasteiger partial charge in [-0.15, -0.1) is 0 Å². The molecule has 0 bridgehead atoms. The van der Waals surface area contributed by atoms with Crippen LogP contribution in [-0.4, -0.2) is 22.0 Å². The average molecular weight is 294 g/mol. The third-order valence-electron chi connectivity index (χ3n) is 3.30. The number of amides is 2. The number of aromatic amines is 1. The van der Waals surface area contributed by atoms with Crippen LogP contribution in [0.3, 0.4) is 0 Å². The molecular weight excluding hydrogens is 280 g/mol. The molecule has 0 saturated heterocycles. The smallest absolute Gasteiger partial charge is 0.248 e. The first-order valence-corrected chi connectivity index (χ1v) is 6.70. The van der Waals surface area contributed by atoms with Gasteiger partial charge in [0.2, 0.25) is 11.8 Å². The third-order valence-corrected chi connectivity index (χ3v) is 3.30. The summed E-state index contributed by atoms with van der Waals surface area (Å²) in [5.74, 6) is -0.624. The number of H-pyrrole nitrogens is 1. The van der Waals surface area contributed by atoms with Crippen molar-refractivity contribution in [1.82, 2.24) is 10.2 Å². The number of hydrogen-bond donors (Lipinski definition) is 3. The van der Waals surface area contributed by atoms with Gasteiger partial charge in [0.25, 0.3) is 0 Å². The highest BCUT2D eigenvalue weighted by Gasteiger charge is 2.11. The molecule has 1 heterocycles. The molecule has 22 heavy (non-hydrogen) atoms. The van der Waals surface area contributed by atoms with Gasteiger partial charge in [0.15, 0.2) is 0 Å². The van der Waals surface area contributed by atoms with E-state index in [0.29, 0.717) is 16.9 Å². The van der Waals surface area contributed by atoms with Crippen LogP contribution < -0.4 is 11.1 Å². The molecule has 0 aliphatic carbocycles. The molecule has 3 rings (SSSR count). The van der Waals surface area contributed by atoms with Gasteiger partial charge in [-0.05, 0) is 30.3 Å². The number of nitrogens with two attached hydrogens (primary N) is 1. The average Bonchev–Trinajstić information content (AvgIpc) is 2.89. The summed E-state index contributed by atoms with van der Waals surface area (Å²) in [6.45, 7) is 1.45. The number of rotatable bonds is 3. The fourth-order valence-corrected chi connectivity index (χ4v) is 2.33. The number of carbonyl (C=O) groups excluding carboxylic acids is 2. The van der Waals surface area contributed by atoms with Crippen LogP contribution in [0.2, 0.25) is 0 Å². The first-order valence-electron chi connectivity index (χ1n) is 6.70. The Morgan fingerprint density at radius 3 is 2.73 bits per heavy atom. The van der Waals surface area contributed by atoms with E-state index in [4.69, 9.17) is 5.73 Å². The molecule has 0 aliphatic heterocycles. The lowest BCUT2D eigenvalue weighted by atomic mass is 10.0. The summed E-state index contributed by atoms with van der Waals surface area (Å²) in [5, 5.41) is 10.8. The lowest BCUT2D eigenvalue weighted by Crippen LogP contribution is -2.10. The topological polar surface area (TPSA) is 101 Å². The van der Waals surface area contributed by atoms with E-state index in [2.05, 4.69) is 15.5 Å². The molecule has 2 aromatic carbocycles. The van der Waals surface area contributed by atoms with Gasteiger partial charge in [-0.3, -0.25) is 14.7 Å². The molecule has 0 spiro atoms. The molecule has 110 valence electrons. The fourth-order valence-electron chi connectivity index (χ4n) is 2.33. The molecule has 0 unspecified atom stereocenters. The quantitative estimate of drug-likeness (QED) is 0.690. The summed E-state index contributed by atoms with van der Waals surface area (Å²) >= 11 is 0. The first kappa shape index (κ1) is 13.8. The molecule has 0 fully saturated rings. The Morgan fingerprint density at radius 1 is 1.18 bits per heavy atom. The highest BCUT2D eigenvalue weighted by Crippen LogP contribution is 2.28. The summed E-state index contributed by atoms with van der Waals surface area (Å²) in [4.78, 5) is 22.5. The van der Waals surface area contributed by atoms with Gasteiger partial charge < -0.3 is 11.1 Å². The molecule has 0 atom stereocenters. The predicted octanol–water partition coefficient (Wildman–Crippen LogP) is 2.29. The minimum absolute atomic E-state index is 0.139. The largest absolute Gasteiger partial charge is 0.366 e. The van der Waals surface area contributed by atoms with Crippen molar-refractivity contribution in [3.05, 3.63) is 48.0 Å². The standard InChI is InChI=1S/C16H14N4O2/c1-9(21)18-12-4-2-3-10(7-12)15-13-8-11(16(17)22)5-6-14(13)19-20-15/h2-8H,1H3,(H2,17,22)(H,18,21)(H,19,20). The van der Waals surface area contributed by atoms with Gasteiger partial charge in [0, 0.05) is 29.1 Å². The summed E-state index contributed by atoms with van der Waals surface area (Å²) in [6, 6.07) is 12.5. The van der Waals surface area contributed by atoms with Crippen LogP contribution in [-0.2, 0) is 4.79 Å². The zero-order chi connectivity index (χ0) is 15.7. The lowest BCUT2D eigenvalue weighted by molar-refractivity contribution is -0.114. The van der Waals surface area contributed by atoms with Gasteiger partial charge in [-0.1, -0.05) is 12.1 Å². The highest BCUT2D eigenvalue weighted by molar-refractivity contribution is 6.01. The van der Waals surface area contributed by atoms with E-state index in [-0.39, 0.29) is 5.91 Å². The second kappa shape index (κ2) is 5.33. The van der Waals surface area contributed by atoms with Crippen molar-refractivity contribution >= 4 is 28.4 Å². The molecule has 1 aromatic heterocycles. The van der Waals surface area contributed by atoms with E-state index < -0.39 is 5.91 Å². The predicted molar refractivity (Wildman–Crippen MR) is 84.4 cm³/mol. The second-order valence-electron chi connectivity index (χ2n) is 4.96. The van der Waals surface area contributed by atoms with Gasteiger partial charge in [-0.2, -0.15) is 5.10 Å². The molecule has 0 radical (unpaired) electrons. The van der Waals surface area contributed by atoms with E-state index in [1.165, 1.54) is 6.92 Å². The van der Waals surface area contributed by atoms with Crippen LogP contribution >= 0.6 is 0 Å². The molecular formula is C16H14N4O2. The summed E-state index contributed by atoms with van der Waals surface area (Å²) in [6.07, 6.45) is 0. The molecule has 0 saturated carbocycles. The normalized spacial score (nSPS) is 10.6. The Labute approximate surface area is 126 Å². The lowest BCUT2D eigenvalue weighted by Gasteiger charge is -2.04. The Morgan fingerprint density at radius 2 is 2.00 bits per heavy atom. The van der Waals surface area contributed by atoms with Crippen LogP contribution in [0.25, 0.3) is 22.2 Å². The summed E-state index contributed by atoms with van der Waals surface area (Å²) < 4.78 is 0. The van der Waals surface area contributed by atoms with Crippen molar-refractivity contribution in [2.24, 2.45) is 5.73 Å². The maximum absolute atomic E-state index is 11.3. The molecule has 0 aliphatic rings. The summed E-state index contributed by atoms with van der Waals surface area (Å²) in [7, 11) is 0. The first-order chi connectivity index (χ1) is 10.5. The number of anilines is 1. The number of carbonyl (C=O) groups is 2. The third kappa shape index (κ3) is 2.54. The van der Waals surface area contributed by atoms with Gasteiger partial charge in [0.1, 0.15) is 0 Å². The Kier molecular flexibility index (Phi) is 3.34. The molecule has 3 aromatic rings. The van der Waals surface area contributed by atoms with E-state index in [9.17, 15) is 9.59 Å². The zero-order valence-corrected chi connectivity index (χ0v) is 11.9. The van der Waals surface area contributed by atoms with Crippen LogP contribution in [0.4, 0.5) is 5.69 Å². The molecule has 2 amide bonds. The van der Waals surface area contributed by atoms with Crippen molar-refractivity contribution in [3.8, 4) is 11.3 Å². The van der Waals surface area contributed by atoms with E-state index in [0.717, 1.165) is 16.5 Å². The maximum atomic E-state index is 11.3. The minimum Gasteiger partial charge on any atom is -0.366 e. The monoisotopic (exact) mass is 294 g/mol. The number of nitrogens with zero attached hydrogens (tertiary/aromatic N) is 1. The second-order valence-corrected chi connectivity index (χ2v) is 4.96. The van der Waals surface area contributed by atoms with Crippen molar-refractivity contribution in [2.45, 2.75) is 6.92 Å². The van der Waals surface area contributed by atoms with Crippen molar-refractivity contribution in [1.29, 1.82) is 0 Å². The Balaban J connectivity index is 2.11. The van der Waals surface area contributed by atoms with E-state index in [1.54, 1.807) is 24.3 Å². The van der Waals surface area contributed by atoms with Crippen molar-refractivity contribution < 1.29 is 9.59 Å².